The Labute approximate surface area is 120 Å². The van der Waals surface area contributed by atoms with E-state index in [1.165, 1.54) is 5.56 Å². The molecule has 0 aromatic heterocycles. The number of rotatable bonds is 5. The molecule has 0 saturated carbocycles. The first-order valence-electron chi connectivity index (χ1n) is 6.71. The summed E-state index contributed by atoms with van der Waals surface area (Å²) in [4.78, 5) is 2.27. The molecule has 1 heterocycles. The molecule has 0 aliphatic carbocycles. The van der Waals surface area contributed by atoms with Crippen LogP contribution in [0.3, 0.4) is 0 Å². The van der Waals surface area contributed by atoms with Crippen LogP contribution >= 0.6 is 11.6 Å². The lowest BCUT2D eigenvalue weighted by molar-refractivity contribution is 0.0539. The van der Waals surface area contributed by atoms with Crippen LogP contribution in [0, 0.1) is 5.41 Å². The van der Waals surface area contributed by atoms with Gasteiger partial charge in [-0.1, -0.05) is 23.7 Å². The Bertz CT molecular complexity index is 401. The molecule has 19 heavy (non-hydrogen) atoms. The topological polar surface area (TPSA) is 32.7 Å². The predicted molar refractivity (Wildman–Crippen MR) is 77.5 cm³/mol. The van der Waals surface area contributed by atoms with Crippen LogP contribution < -0.4 is 0 Å². The van der Waals surface area contributed by atoms with Crippen molar-refractivity contribution >= 4 is 11.6 Å². The molecule has 0 amide bonds. The average molecular weight is 284 g/mol. The second-order valence-corrected chi connectivity index (χ2v) is 6.04. The molecular weight excluding hydrogens is 262 g/mol. The van der Waals surface area contributed by atoms with Crippen molar-refractivity contribution < 1.29 is 9.84 Å². The number of nitrogens with zero attached hydrogens (tertiary/aromatic N) is 1. The summed E-state index contributed by atoms with van der Waals surface area (Å²) >= 11 is 5.91. The highest BCUT2D eigenvalue weighted by molar-refractivity contribution is 6.30. The lowest BCUT2D eigenvalue weighted by atomic mass is 9.87. The Morgan fingerprint density at radius 2 is 2.11 bits per heavy atom. The van der Waals surface area contributed by atoms with E-state index in [4.69, 9.17) is 16.3 Å². The maximum absolute atomic E-state index is 9.63. The Hall–Kier alpha value is -0.610. The van der Waals surface area contributed by atoms with Crippen LogP contribution in [0.4, 0.5) is 0 Å². The van der Waals surface area contributed by atoms with Gasteiger partial charge in [0.2, 0.25) is 0 Å². The van der Waals surface area contributed by atoms with Crippen LogP contribution in [0.2, 0.25) is 5.02 Å². The van der Waals surface area contributed by atoms with Crippen LogP contribution in [-0.2, 0) is 4.74 Å². The first-order chi connectivity index (χ1) is 9.06. The second-order valence-electron chi connectivity index (χ2n) is 5.60. The highest BCUT2D eigenvalue weighted by Crippen LogP contribution is 2.31. The van der Waals surface area contributed by atoms with Crippen LogP contribution in [-0.4, -0.2) is 43.4 Å². The van der Waals surface area contributed by atoms with E-state index in [2.05, 4.69) is 31.0 Å². The van der Waals surface area contributed by atoms with Crippen LogP contribution in [0.15, 0.2) is 24.3 Å². The Morgan fingerprint density at radius 1 is 1.42 bits per heavy atom. The smallest absolute Gasteiger partial charge is 0.0557 e. The highest BCUT2D eigenvalue weighted by Gasteiger charge is 2.36. The molecule has 2 unspecified atom stereocenters. The van der Waals surface area contributed by atoms with Crippen molar-refractivity contribution in [2.24, 2.45) is 5.41 Å². The van der Waals surface area contributed by atoms with Crippen LogP contribution in [0.5, 0.6) is 0 Å². The van der Waals surface area contributed by atoms with Crippen LogP contribution in [0.25, 0.3) is 0 Å². The van der Waals surface area contributed by atoms with Gasteiger partial charge in [0.15, 0.2) is 0 Å². The molecule has 4 heteroatoms. The molecule has 0 spiro atoms. The first-order valence-corrected chi connectivity index (χ1v) is 7.08. The number of aliphatic hydroxyl groups is 1. The van der Waals surface area contributed by atoms with Gasteiger partial charge in [0, 0.05) is 29.6 Å². The number of halogens is 1. The number of ether oxygens (including phenoxy) is 1. The number of hydrogen-bond acceptors (Lipinski definition) is 3. The van der Waals surface area contributed by atoms with Crippen molar-refractivity contribution in [2.45, 2.75) is 19.4 Å². The third-order valence-electron chi connectivity index (χ3n) is 4.12. The van der Waals surface area contributed by atoms with Crippen molar-refractivity contribution in [3.8, 4) is 0 Å². The number of benzene rings is 1. The molecule has 3 nitrogen and oxygen atoms in total. The quantitative estimate of drug-likeness (QED) is 0.902. The van der Waals surface area contributed by atoms with E-state index >= 15 is 0 Å². The summed E-state index contributed by atoms with van der Waals surface area (Å²) in [7, 11) is 2.09. The normalized spacial score (nSPS) is 24.9. The minimum Gasteiger partial charge on any atom is -0.396 e. The number of hydrogen-bond donors (Lipinski definition) is 1. The molecular formula is C15H22ClNO2. The van der Waals surface area contributed by atoms with E-state index in [1.807, 2.05) is 12.1 Å². The molecule has 1 N–H and O–H groups in total. The van der Waals surface area contributed by atoms with Crippen molar-refractivity contribution in [3.63, 3.8) is 0 Å². The summed E-state index contributed by atoms with van der Waals surface area (Å²) in [6, 6.07) is 8.24. The molecule has 0 bridgehead atoms. The summed E-state index contributed by atoms with van der Waals surface area (Å²) in [5.41, 5.74) is 1.13. The molecule has 0 radical (unpaired) electrons. The van der Waals surface area contributed by atoms with Crippen molar-refractivity contribution in [1.29, 1.82) is 0 Å². The lowest BCUT2D eigenvalue weighted by Crippen LogP contribution is -2.40. The van der Waals surface area contributed by atoms with Gasteiger partial charge in [-0.05, 0) is 38.1 Å². The first kappa shape index (κ1) is 14.8. The zero-order chi connectivity index (χ0) is 13.9. The van der Waals surface area contributed by atoms with Gasteiger partial charge in [0.25, 0.3) is 0 Å². The maximum Gasteiger partial charge on any atom is 0.0557 e. The zero-order valence-corrected chi connectivity index (χ0v) is 12.4. The Kier molecular flexibility index (Phi) is 4.85. The van der Waals surface area contributed by atoms with Gasteiger partial charge in [0.1, 0.15) is 0 Å². The van der Waals surface area contributed by atoms with E-state index in [1.54, 1.807) is 0 Å². The minimum atomic E-state index is -0.102. The molecule has 1 aromatic carbocycles. The highest BCUT2D eigenvalue weighted by atomic mass is 35.5. The summed E-state index contributed by atoms with van der Waals surface area (Å²) in [6.07, 6.45) is 0.932. The van der Waals surface area contributed by atoms with E-state index in [9.17, 15) is 5.11 Å². The van der Waals surface area contributed by atoms with Crippen LogP contribution in [0.1, 0.15) is 24.9 Å². The third-order valence-corrected chi connectivity index (χ3v) is 4.37. The summed E-state index contributed by atoms with van der Waals surface area (Å²) in [5.74, 6) is 0. The van der Waals surface area contributed by atoms with Gasteiger partial charge in [0.05, 0.1) is 13.2 Å². The summed E-state index contributed by atoms with van der Waals surface area (Å²) in [5, 5.41) is 10.4. The van der Waals surface area contributed by atoms with E-state index in [0.717, 1.165) is 24.6 Å². The molecule has 1 fully saturated rings. The molecule has 2 rings (SSSR count). The van der Waals surface area contributed by atoms with Crippen molar-refractivity contribution in [1.82, 2.24) is 4.90 Å². The van der Waals surface area contributed by atoms with E-state index in [-0.39, 0.29) is 12.0 Å². The summed E-state index contributed by atoms with van der Waals surface area (Å²) < 4.78 is 5.45. The Morgan fingerprint density at radius 3 is 2.63 bits per heavy atom. The number of aliphatic hydroxyl groups excluding tert-OH is 1. The maximum atomic E-state index is 9.63. The zero-order valence-electron chi connectivity index (χ0n) is 11.6. The monoisotopic (exact) mass is 283 g/mol. The van der Waals surface area contributed by atoms with Gasteiger partial charge in [-0.15, -0.1) is 0 Å². The molecule has 1 saturated heterocycles. The van der Waals surface area contributed by atoms with Gasteiger partial charge in [-0.3, -0.25) is 4.90 Å². The lowest BCUT2D eigenvalue weighted by Gasteiger charge is -2.34. The van der Waals surface area contributed by atoms with Crippen molar-refractivity contribution in [2.75, 3.05) is 33.4 Å². The van der Waals surface area contributed by atoms with Crippen molar-refractivity contribution in [3.05, 3.63) is 34.9 Å². The second kappa shape index (κ2) is 6.23. The molecule has 1 aliphatic heterocycles. The van der Waals surface area contributed by atoms with E-state index in [0.29, 0.717) is 12.6 Å². The molecule has 1 aromatic rings. The van der Waals surface area contributed by atoms with Gasteiger partial charge < -0.3 is 9.84 Å². The average Bonchev–Trinajstić information content (AvgIpc) is 2.88. The van der Waals surface area contributed by atoms with Gasteiger partial charge in [-0.2, -0.15) is 0 Å². The Balaban J connectivity index is 2.02. The van der Waals surface area contributed by atoms with Gasteiger partial charge in [-0.25, -0.2) is 0 Å². The predicted octanol–water partition coefficient (Wildman–Crippen LogP) is 2.73. The molecule has 2 atom stereocenters. The SMILES string of the molecule is CC(c1ccc(Cl)cc1)N(C)CC1(CO)CCOC1. The fourth-order valence-electron chi connectivity index (χ4n) is 2.61. The molecule has 1 aliphatic rings. The minimum absolute atomic E-state index is 0.102. The summed E-state index contributed by atoms with van der Waals surface area (Å²) in [6.45, 7) is 4.60. The standard InChI is InChI=1S/C15H22ClNO2/c1-12(13-3-5-14(16)6-4-13)17(2)9-15(10-18)7-8-19-11-15/h3-6,12,18H,7-11H2,1-2H3. The van der Waals surface area contributed by atoms with Gasteiger partial charge >= 0.3 is 0 Å². The fraction of sp³-hybridized carbons (Fsp3) is 0.600. The third kappa shape index (κ3) is 3.48. The molecule has 106 valence electrons. The van der Waals surface area contributed by atoms with E-state index < -0.39 is 0 Å². The fourth-order valence-corrected chi connectivity index (χ4v) is 2.74. The largest absolute Gasteiger partial charge is 0.396 e.